The second-order valence-corrected chi connectivity index (χ2v) is 3.70. The Labute approximate surface area is 75.7 Å². The Morgan fingerprint density at radius 3 is 2.42 bits per heavy atom. The molecule has 1 aliphatic carbocycles. The highest BCUT2D eigenvalue weighted by atomic mass is 14.1. The third-order valence-corrected chi connectivity index (χ3v) is 2.39. The van der Waals surface area contributed by atoms with E-state index in [1.165, 1.54) is 23.1 Å². The minimum Gasteiger partial charge on any atom is -0.0690 e. The maximum Gasteiger partial charge on any atom is -0.0102 e. The highest BCUT2D eigenvalue weighted by Gasteiger charge is 2.04. The molecule has 0 bridgehead atoms. The van der Waals surface area contributed by atoms with Crippen LogP contribution >= 0.6 is 0 Å². The molecule has 1 rings (SSSR count). The van der Waals surface area contributed by atoms with Gasteiger partial charge in [-0.25, -0.2) is 0 Å². The molecular weight excluding hydrogens is 144 g/mol. The summed E-state index contributed by atoms with van der Waals surface area (Å²) in [5.41, 5.74) is 5.91. The predicted octanol–water partition coefficient (Wildman–Crippen LogP) is 4.01. The molecule has 1 aliphatic rings. The summed E-state index contributed by atoms with van der Waals surface area (Å²) in [5.74, 6) is 0. The largest absolute Gasteiger partial charge is 0.0690 e. The molecule has 0 aromatic heterocycles. The summed E-state index contributed by atoms with van der Waals surface area (Å²) < 4.78 is 0. The molecule has 0 fully saturated rings. The van der Waals surface area contributed by atoms with Crippen molar-refractivity contribution in [3.63, 3.8) is 0 Å². The fourth-order valence-corrected chi connectivity index (χ4v) is 1.80. The highest BCUT2D eigenvalue weighted by molar-refractivity contribution is 5.38. The first kappa shape index (κ1) is 9.31. The van der Waals surface area contributed by atoms with Crippen LogP contribution in [0.1, 0.15) is 40.5 Å². The molecule has 0 aliphatic heterocycles. The monoisotopic (exact) mass is 162 g/mol. The summed E-state index contributed by atoms with van der Waals surface area (Å²) in [4.78, 5) is 0. The Morgan fingerprint density at radius 1 is 1.17 bits per heavy atom. The summed E-state index contributed by atoms with van der Waals surface area (Å²) in [6, 6.07) is 0. The Morgan fingerprint density at radius 2 is 1.83 bits per heavy atom. The molecule has 66 valence electrons. The van der Waals surface area contributed by atoms with E-state index >= 15 is 0 Å². The van der Waals surface area contributed by atoms with Crippen molar-refractivity contribution in [2.75, 3.05) is 0 Å². The van der Waals surface area contributed by atoms with Gasteiger partial charge in [0.1, 0.15) is 0 Å². The van der Waals surface area contributed by atoms with Gasteiger partial charge in [0.2, 0.25) is 0 Å². The third kappa shape index (κ3) is 2.10. The van der Waals surface area contributed by atoms with Gasteiger partial charge in [0.25, 0.3) is 0 Å². The molecule has 0 spiro atoms. The second-order valence-electron chi connectivity index (χ2n) is 3.70. The lowest BCUT2D eigenvalue weighted by Crippen LogP contribution is -1.85. The van der Waals surface area contributed by atoms with Gasteiger partial charge in [0.15, 0.2) is 0 Å². The summed E-state index contributed by atoms with van der Waals surface area (Å²) in [6.07, 6.45) is 6.92. The van der Waals surface area contributed by atoms with E-state index in [1.807, 2.05) is 0 Å². The summed E-state index contributed by atoms with van der Waals surface area (Å²) in [7, 11) is 0. The van der Waals surface area contributed by atoms with Crippen molar-refractivity contribution in [3.8, 4) is 0 Å². The fourth-order valence-electron chi connectivity index (χ4n) is 1.80. The van der Waals surface area contributed by atoms with Gasteiger partial charge in [0, 0.05) is 0 Å². The van der Waals surface area contributed by atoms with E-state index in [9.17, 15) is 0 Å². The number of hydrogen-bond acceptors (Lipinski definition) is 0. The molecule has 0 unspecified atom stereocenters. The van der Waals surface area contributed by atoms with Crippen molar-refractivity contribution in [3.05, 3.63) is 34.4 Å². The van der Waals surface area contributed by atoms with Crippen LogP contribution in [0, 0.1) is 0 Å². The Kier molecular flexibility index (Phi) is 2.91. The van der Waals surface area contributed by atoms with E-state index in [-0.39, 0.29) is 0 Å². The van der Waals surface area contributed by atoms with Crippen LogP contribution in [0.25, 0.3) is 0 Å². The van der Waals surface area contributed by atoms with Gasteiger partial charge in [-0.3, -0.25) is 0 Å². The maximum atomic E-state index is 2.29. The molecule has 0 saturated carbocycles. The van der Waals surface area contributed by atoms with Crippen LogP contribution in [-0.4, -0.2) is 0 Å². The van der Waals surface area contributed by atoms with Crippen molar-refractivity contribution < 1.29 is 0 Å². The zero-order valence-corrected chi connectivity index (χ0v) is 8.57. The van der Waals surface area contributed by atoms with E-state index in [4.69, 9.17) is 0 Å². The molecule has 0 radical (unpaired) electrons. The summed E-state index contributed by atoms with van der Waals surface area (Å²) in [6.45, 7) is 8.84. The molecule has 0 atom stereocenters. The number of rotatable bonds is 1. The van der Waals surface area contributed by atoms with E-state index in [0.29, 0.717) is 0 Å². The molecule has 0 saturated heterocycles. The van der Waals surface area contributed by atoms with Gasteiger partial charge in [0.05, 0.1) is 0 Å². The minimum absolute atomic E-state index is 1.16. The van der Waals surface area contributed by atoms with Crippen molar-refractivity contribution in [2.24, 2.45) is 0 Å². The third-order valence-electron chi connectivity index (χ3n) is 2.39. The van der Waals surface area contributed by atoms with E-state index < -0.39 is 0 Å². The topological polar surface area (TPSA) is 0 Å². The van der Waals surface area contributed by atoms with Gasteiger partial charge in [-0.05, 0) is 33.6 Å². The van der Waals surface area contributed by atoms with Crippen LogP contribution in [0.15, 0.2) is 34.4 Å². The normalized spacial score (nSPS) is 18.7. The highest BCUT2D eigenvalue weighted by Crippen LogP contribution is 2.24. The average Bonchev–Trinajstić information content (AvgIpc) is 2.09. The van der Waals surface area contributed by atoms with Gasteiger partial charge >= 0.3 is 0 Å². The van der Waals surface area contributed by atoms with Gasteiger partial charge in [-0.15, -0.1) is 0 Å². The van der Waals surface area contributed by atoms with Crippen LogP contribution < -0.4 is 0 Å². The smallest absolute Gasteiger partial charge is 0.0102 e. The first-order valence-electron chi connectivity index (χ1n) is 4.67. The summed E-state index contributed by atoms with van der Waals surface area (Å²) >= 11 is 0. The molecule has 0 nitrogen and oxygen atoms in total. The molecule has 0 aromatic rings. The lowest BCUT2D eigenvalue weighted by atomic mass is 10.0. The van der Waals surface area contributed by atoms with Crippen molar-refractivity contribution in [1.29, 1.82) is 0 Å². The molecule has 0 N–H and O–H groups in total. The lowest BCUT2D eigenvalue weighted by molar-refractivity contribution is 0.973. The summed E-state index contributed by atoms with van der Waals surface area (Å²) in [5, 5.41) is 0. The zero-order valence-electron chi connectivity index (χ0n) is 8.57. The lowest BCUT2D eigenvalue weighted by Gasteiger charge is -2.05. The predicted molar refractivity (Wildman–Crippen MR) is 55.1 cm³/mol. The Bertz CT molecular complexity index is 262. The van der Waals surface area contributed by atoms with Crippen LogP contribution in [0.4, 0.5) is 0 Å². The van der Waals surface area contributed by atoms with Crippen LogP contribution in [0.5, 0.6) is 0 Å². The minimum atomic E-state index is 1.16. The van der Waals surface area contributed by atoms with Gasteiger partial charge in [-0.2, -0.15) is 0 Å². The number of allylic oxidation sites excluding steroid dienone is 6. The Hall–Kier alpha value is -0.780. The van der Waals surface area contributed by atoms with E-state index in [0.717, 1.165) is 6.42 Å². The van der Waals surface area contributed by atoms with Gasteiger partial charge < -0.3 is 0 Å². The molecule has 0 heteroatoms. The maximum absolute atomic E-state index is 2.29. The SMILES string of the molecule is CCC1=C(C)C=C(C)C=C(C)C1. The molecular formula is C12H18. The number of hydrogen-bond donors (Lipinski definition) is 0. The first-order chi connectivity index (χ1) is 5.63. The van der Waals surface area contributed by atoms with Crippen molar-refractivity contribution >= 4 is 0 Å². The van der Waals surface area contributed by atoms with E-state index in [2.05, 4.69) is 39.8 Å². The zero-order chi connectivity index (χ0) is 9.14. The van der Waals surface area contributed by atoms with Crippen molar-refractivity contribution in [2.45, 2.75) is 40.5 Å². The van der Waals surface area contributed by atoms with Gasteiger partial charge in [-0.1, -0.05) is 41.4 Å². The first-order valence-corrected chi connectivity index (χ1v) is 4.67. The standard InChI is InChI=1S/C12H18/c1-5-12-8-10(3)6-9(2)7-11(12)4/h6-7H,5,8H2,1-4H3. The van der Waals surface area contributed by atoms with Crippen molar-refractivity contribution in [1.82, 2.24) is 0 Å². The van der Waals surface area contributed by atoms with Crippen LogP contribution in [0.3, 0.4) is 0 Å². The molecule has 0 aromatic carbocycles. The molecule has 12 heavy (non-hydrogen) atoms. The average molecular weight is 162 g/mol. The second kappa shape index (κ2) is 3.75. The Balaban J connectivity index is 3.02. The van der Waals surface area contributed by atoms with E-state index in [1.54, 1.807) is 5.57 Å². The fraction of sp³-hybridized carbons (Fsp3) is 0.500. The molecule has 0 heterocycles. The van der Waals surface area contributed by atoms with Crippen LogP contribution in [0.2, 0.25) is 0 Å². The quantitative estimate of drug-likeness (QED) is 0.546. The molecule has 0 amide bonds. The van der Waals surface area contributed by atoms with Crippen LogP contribution in [-0.2, 0) is 0 Å².